The highest BCUT2D eigenvalue weighted by atomic mass is 14.9. The molecule has 0 aliphatic heterocycles. The summed E-state index contributed by atoms with van der Waals surface area (Å²) >= 11 is 0. The number of hydrogen-bond acceptors (Lipinski definition) is 3. The summed E-state index contributed by atoms with van der Waals surface area (Å²) in [7, 11) is 0. The molecule has 0 bridgehead atoms. The van der Waals surface area contributed by atoms with E-state index in [1.165, 1.54) is 16.5 Å². The van der Waals surface area contributed by atoms with Crippen LogP contribution in [0.15, 0.2) is 54.7 Å². The van der Waals surface area contributed by atoms with Crippen LogP contribution in [0.3, 0.4) is 0 Å². The fourth-order valence-electron chi connectivity index (χ4n) is 2.78. The highest BCUT2D eigenvalue weighted by Crippen LogP contribution is 2.16. The zero-order chi connectivity index (χ0) is 21.1. The van der Waals surface area contributed by atoms with Crippen LogP contribution in [0.5, 0.6) is 0 Å². The Morgan fingerprint density at radius 1 is 0.643 bits per heavy atom. The molecule has 0 unspecified atom stereocenters. The van der Waals surface area contributed by atoms with Gasteiger partial charge in [0.25, 0.3) is 0 Å². The number of nitrogens with zero attached hydrogens (tertiary/aromatic N) is 3. The topological polar surface area (TPSA) is 38.7 Å². The predicted octanol–water partition coefficient (Wildman–Crippen LogP) is 7.15. The van der Waals surface area contributed by atoms with Crippen molar-refractivity contribution < 1.29 is 0 Å². The summed E-state index contributed by atoms with van der Waals surface area (Å²) in [6.45, 7) is 16.1. The van der Waals surface area contributed by atoms with Gasteiger partial charge in [-0.1, -0.05) is 57.5 Å². The summed E-state index contributed by atoms with van der Waals surface area (Å²) < 4.78 is 0. The van der Waals surface area contributed by atoms with Crippen LogP contribution in [-0.2, 0) is 0 Å². The highest BCUT2D eigenvalue weighted by Gasteiger charge is 1.99. The minimum Gasteiger partial charge on any atom is -0.256 e. The SMILES string of the molecule is CC.CC.Cc1ccc2nccc(C)c2c1.Cc1nc(C)c2ccccc2n1. The van der Waals surface area contributed by atoms with E-state index in [2.05, 4.69) is 47.0 Å². The van der Waals surface area contributed by atoms with Crippen LogP contribution in [0, 0.1) is 27.7 Å². The molecule has 0 spiro atoms. The van der Waals surface area contributed by atoms with Crippen LogP contribution in [-0.4, -0.2) is 15.0 Å². The fourth-order valence-corrected chi connectivity index (χ4v) is 2.78. The molecule has 2 heterocycles. The first-order chi connectivity index (χ1) is 13.5. The van der Waals surface area contributed by atoms with Crippen molar-refractivity contribution in [3.8, 4) is 0 Å². The third-order valence-corrected chi connectivity index (χ3v) is 4.02. The normalized spacial score (nSPS) is 9.43. The number of fused-ring (bicyclic) bond motifs is 2. The van der Waals surface area contributed by atoms with Crippen molar-refractivity contribution in [2.24, 2.45) is 0 Å². The average Bonchev–Trinajstić information content (AvgIpc) is 2.72. The fraction of sp³-hybridized carbons (Fsp3) is 0.320. The van der Waals surface area contributed by atoms with E-state index in [1.807, 2.05) is 78.1 Å². The van der Waals surface area contributed by atoms with Crippen molar-refractivity contribution in [1.29, 1.82) is 0 Å². The Bertz CT molecular complexity index is 1010. The lowest BCUT2D eigenvalue weighted by Gasteiger charge is -2.00. The van der Waals surface area contributed by atoms with Gasteiger partial charge < -0.3 is 0 Å². The third-order valence-electron chi connectivity index (χ3n) is 4.02. The predicted molar refractivity (Wildman–Crippen MR) is 123 cm³/mol. The number of aromatic nitrogens is 3. The van der Waals surface area contributed by atoms with Gasteiger partial charge in [-0.2, -0.15) is 0 Å². The van der Waals surface area contributed by atoms with E-state index in [9.17, 15) is 0 Å². The van der Waals surface area contributed by atoms with Crippen molar-refractivity contribution in [3.63, 3.8) is 0 Å². The number of rotatable bonds is 0. The standard InChI is InChI=1S/C11H11N.C10H10N2.2C2H6/c1-8-3-4-11-10(7-8)9(2)5-6-12-11;1-7-9-5-3-4-6-10(9)12-8(2)11-7;2*1-2/h3-7H,1-2H3;3-6H,1-2H3;2*1-2H3. The molecule has 0 atom stereocenters. The van der Waals surface area contributed by atoms with E-state index in [0.717, 1.165) is 27.9 Å². The van der Waals surface area contributed by atoms with Gasteiger partial charge in [-0.25, -0.2) is 9.97 Å². The minimum absolute atomic E-state index is 0.839. The van der Waals surface area contributed by atoms with E-state index < -0.39 is 0 Å². The van der Waals surface area contributed by atoms with E-state index in [0.29, 0.717) is 0 Å². The monoisotopic (exact) mass is 375 g/mol. The van der Waals surface area contributed by atoms with Gasteiger partial charge in [-0.3, -0.25) is 4.98 Å². The molecule has 0 saturated heterocycles. The quantitative estimate of drug-likeness (QED) is 0.327. The van der Waals surface area contributed by atoms with Crippen molar-refractivity contribution in [3.05, 3.63) is 77.4 Å². The molecule has 4 rings (SSSR count). The Labute approximate surface area is 169 Å². The van der Waals surface area contributed by atoms with Gasteiger partial charge in [-0.15, -0.1) is 0 Å². The van der Waals surface area contributed by atoms with Crippen molar-refractivity contribution >= 4 is 21.8 Å². The molecule has 148 valence electrons. The van der Waals surface area contributed by atoms with Crippen LogP contribution < -0.4 is 0 Å². The summed E-state index contributed by atoms with van der Waals surface area (Å²) in [5.41, 5.74) is 5.75. The van der Waals surface area contributed by atoms with E-state index in [1.54, 1.807) is 0 Å². The zero-order valence-corrected chi connectivity index (χ0v) is 18.5. The summed E-state index contributed by atoms with van der Waals surface area (Å²) in [6, 6.07) is 16.4. The number of para-hydroxylation sites is 1. The Hall–Kier alpha value is -2.81. The molecular weight excluding hydrogens is 342 g/mol. The van der Waals surface area contributed by atoms with Crippen molar-refractivity contribution in [2.45, 2.75) is 55.4 Å². The molecule has 2 aromatic carbocycles. The third kappa shape index (κ3) is 6.12. The second-order valence-electron chi connectivity index (χ2n) is 6.02. The lowest BCUT2D eigenvalue weighted by atomic mass is 10.1. The second kappa shape index (κ2) is 11.8. The second-order valence-corrected chi connectivity index (χ2v) is 6.02. The Morgan fingerprint density at radius 2 is 1.32 bits per heavy atom. The molecule has 28 heavy (non-hydrogen) atoms. The molecule has 0 aliphatic rings. The number of aryl methyl sites for hydroxylation is 4. The summed E-state index contributed by atoms with van der Waals surface area (Å²) in [4.78, 5) is 12.9. The zero-order valence-electron chi connectivity index (χ0n) is 18.5. The maximum atomic E-state index is 4.33. The van der Waals surface area contributed by atoms with Crippen LogP contribution in [0.1, 0.15) is 50.3 Å². The molecule has 4 aromatic rings. The minimum atomic E-state index is 0.839. The Balaban J connectivity index is 0.000000238. The molecule has 0 amide bonds. The van der Waals surface area contributed by atoms with Gasteiger partial charge in [0, 0.05) is 22.7 Å². The maximum absolute atomic E-state index is 4.33. The molecule has 0 radical (unpaired) electrons. The van der Waals surface area contributed by atoms with Gasteiger partial charge in [0.1, 0.15) is 5.82 Å². The summed E-state index contributed by atoms with van der Waals surface area (Å²) in [5.74, 6) is 0.839. The first kappa shape index (κ1) is 23.2. The maximum Gasteiger partial charge on any atom is 0.126 e. The number of hydrogen-bond donors (Lipinski definition) is 0. The number of benzene rings is 2. The summed E-state index contributed by atoms with van der Waals surface area (Å²) in [5, 5.41) is 2.40. The number of pyridine rings is 1. The average molecular weight is 376 g/mol. The van der Waals surface area contributed by atoms with Crippen LogP contribution in [0.25, 0.3) is 21.8 Å². The van der Waals surface area contributed by atoms with Crippen LogP contribution >= 0.6 is 0 Å². The van der Waals surface area contributed by atoms with Gasteiger partial charge in [0.15, 0.2) is 0 Å². The van der Waals surface area contributed by atoms with E-state index in [-0.39, 0.29) is 0 Å². The van der Waals surface area contributed by atoms with Gasteiger partial charge in [0.2, 0.25) is 0 Å². The van der Waals surface area contributed by atoms with Gasteiger partial charge in [0.05, 0.1) is 11.0 Å². The lowest BCUT2D eigenvalue weighted by molar-refractivity contribution is 1.05. The molecular formula is C25H33N3. The summed E-state index contributed by atoms with van der Waals surface area (Å²) in [6.07, 6.45) is 1.85. The van der Waals surface area contributed by atoms with Crippen LogP contribution in [0.2, 0.25) is 0 Å². The molecule has 0 fully saturated rings. The van der Waals surface area contributed by atoms with Crippen molar-refractivity contribution in [2.75, 3.05) is 0 Å². The smallest absolute Gasteiger partial charge is 0.126 e. The lowest BCUT2D eigenvalue weighted by Crippen LogP contribution is -1.92. The molecule has 0 N–H and O–H groups in total. The van der Waals surface area contributed by atoms with Crippen LogP contribution in [0.4, 0.5) is 0 Å². The van der Waals surface area contributed by atoms with Crippen molar-refractivity contribution in [1.82, 2.24) is 15.0 Å². The van der Waals surface area contributed by atoms with E-state index >= 15 is 0 Å². The molecule has 2 aromatic heterocycles. The first-order valence-electron chi connectivity index (χ1n) is 10.1. The highest BCUT2D eigenvalue weighted by molar-refractivity contribution is 5.82. The molecule has 0 aliphatic carbocycles. The van der Waals surface area contributed by atoms with Gasteiger partial charge >= 0.3 is 0 Å². The Kier molecular flexibility index (Phi) is 9.80. The largest absolute Gasteiger partial charge is 0.256 e. The Morgan fingerprint density at radius 3 is 2.04 bits per heavy atom. The molecule has 3 heteroatoms. The first-order valence-corrected chi connectivity index (χ1v) is 10.1. The van der Waals surface area contributed by atoms with Gasteiger partial charge in [-0.05, 0) is 57.5 Å². The molecule has 3 nitrogen and oxygen atoms in total. The molecule has 0 saturated carbocycles. The van der Waals surface area contributed by atoms with E-state index in [4.69, 9.17) is 0 Å².